The van der Waals surface area contributed by atoms with Gasteiger partial charge in [-0.25, -0.2) is 4.98 Å². The summed E-state index contributed by atoms with van der Waals surface area (Å²) in [5.41, 5.74) is 5.79. The summed E-state index contributed by atoms with van der Waals surface area (Å²) in [6, 6.07) is 8.76. The van der Waals surface area contributed by atoms with Crippen molar-refractivity contribution >= 4 is 16.6 Å². The molecule has 1 aromatic heterocycles. The summed E-state index contributed by atoms with van der Waals surface area (Å²) in [4.78, 5) is 7.11. The van der Waals surface area contributed by atoms with Gasteiger partial charge in [0.2, 0.25) is 0 Å². The summed E-state index contributed by atoms with van der Waals surface area (Å²) in [5.74, 6) is 1.98. The predicted molar refractivity (Wildman–Crippen MR) is 87.0 cm³/mol. The molecule has 1 aliphatic rings. The number of fused-ring (bicyclic) bond motifs is 1. The number of hydrogen-bond donors (Lipinski definition) is 1. The zero-order valence-corrected chi connectivity index (χ0v) is 12.6. The number of methoxy groups -OCH3 is 1. The van der Waals surface area contributed by atoms with E-state index in [1.165, 1.54) is 30.0 Å². The molecule has 0 saturated carbocycles. The third-order valence-electron chi connectivity index (χ3n) is 4.35. The van der Waals surface area contributed by atoms with E-state index < -0.39 is 0 Å². The van der Waals surface area contributed by atoms with E-state index in [4.69, 9.17) is 10.5 Å². The minimum Gasteiger partial charge on any atom is -0.497 e. The third kappa shape index (κ3) is 2.81. The maximum Gasteiger partial charge on any atom is 0.136 e. The molecule has 2 N–H and O–H groups in total. The number of anilines is 1. The van der Waals surface area contributed by atoms with Crippen LogP contribution in [0, 0.1) is 0 Å². The van der Waals surface area contributed by atoms with Crippen LogP contribution >= 0.6 is 0 Å². The van der Waals surface area contributed by atoms with Crippen molar-refractivity contribution in [2.75, 3.05) is 25.1 Å². The van der Waals surface area contributed by atoms with Crippen LogP contribution in [-0.2, 0) is 0 Å². The summed E-state index contributed by atoms with van der Waals surface area (Å²) in [7, 11) is 1.70. The zero-order chi connectivity index (χ0) is 14.7. The van der Waals surface area contributed by atoms with Crippen molar-refractivity contribution in [3.05, 3.63) is 30.5 Å². The number of ether oxygens (including phenoxy) is 1. The van der Waals surface area contributed by atoms with E-state index in [0.29, 0.717) is 6.04 Å². The molecule has 112 valence electrons. The van der Waals surface area contributed by atoms with Crippen LogP contribution in [0.15, 0.2) is 30.5 Å². The normalized spacial score (nSPS) is 19.0. The Morgan fingerprint density at radius 3 is 3.05 bits per heavy atom. The topological polar surface area (TPSA) is 51.4 Å². The molecule has 1 saturated heterocycles. The quantitative estimate of drug-likeness (QED) is 0.938. The maximum absolute atomic E-state index is 5.79. The monoisotopic (exact) mass is 285 g/mol. The first-order valence-electron chi connectivity index (χ1n) is 7.73. The lowest BCUT2D eigenvalue weighted by molar-refractivity contribution is 0.415. The van der Waals surface area contributed by atoms with E-state index in [-0.39, 0.29) is 0 Å². The average molecular weight is 285 g/mol. The number of benzene rings is 1. The van der Waals surface area contributed by atoms with Crippen molar-refractivity contribution in [3.63, 3.8) is 0 Å². The van der Waals surface area contributed by atoms with Crippen LogP contribution in [0.4, 0.5) is 5.82 Å². The SMILES string of the molecule is COc1ccc2c(N3CCCCC3CCN)nccc2c1. The van der Waals surface area contributed by atoms with Gasteiger partial charge in [-0.2, -0.15) is 0 Å². The van der Waals surface area contributed by atoms with Gasteiger partial charge >= 0.3 is 0 Å². The molecular weight excluding hydrogens is 262 g/mol. The molecule has 3 rings (SSSR count). The second-order valence-electron chi connectivity index (χ2n) is 5.64. The summed E-state index contributed by atoms with van der Waals surface area (Å²) in [5, 5.41) is 2.37. The van der Waals surface area contributed by atoms with Gasteiger partial charge in [0.05, 0.1) is 7.11 Å². The van der Waals surface area contributed by atoms with Gasteiger partial charge in [0.15, 0.2) is 0 Å². The molecule has 0 bridgehead atoms. The lowest BCUT2D eigenvalue weighted by Crippen LogP contribution is -2.41. The molecular formula is C17H23N3O. The van der Waals surface area contributed by atoms with Crippen LogP contribution in [0.1, 0.15) is 25.7 Å². The lowest BCUT2D eigenvalue weighted by atomic mass is 9.98. The van der Waals surface area contributed by atoms with E-state index >= 15 is 0 Å². The van der Waals surface area contributed by atoms with Gasteiger partial charge in [-0.1, -0.05) is 0 Å². The highest BCUT2D eigenvalue weighted by atomic mass is 16.5. The van der Waals surface area contributed by atoms with Gasteiger partial charge in [-0.3, -0.25) is 0 Å². The number of nitrogens with zero attached hydrogens (tertiary/aromatic N) is 2. The Hall–Kier alpha value is -1.81. The number of piperidine rings is 1. The standard InChI is InChI=1S/C17H23N3O/c1-21-15-5-6-16-13(12-15)8-10-19-17(16)20-11-3-2-4-14(20)7-9-18/h5-6,8,10,12,14H,2-4,7,9,11,18H2,1H3. The Bertz CT molecular complexity index is 612. The second-order valence-corrected chi connectivity index (χ2v) is 5.64. The van der Waals surface area contributed by atoms with Gasteiger partial charge in [-0.05, 0) is 61.9 Å². The largest absolute Gasteiger partial charge is 0.497 e. The summed E-state index contributed by atoms with van der Waals surface area (Å²) < 4.78 is 5.32. The molecule has 1 unspecified atom stereocenters. The fourth-order valence-corrected chi connectivity index (χ4v) is 3.27. The van der Waals surface area contributed by atoms with Crippen molar-refractivity contribution in [1.29, 1.82) is 0 Å². The Labute approximate surface area is 125 Å². The molecule has 1 aliphatic heterocycles. The molecule has 21 heavy (non-hydrogen) atoms. The lowest BCUT2D eigenvalue weighted by Gasteiger charge is -2.37. The zero-order valence-electron chi connectivity index (χ0n) is 12.6. The van der Waals surface area contributed by atoms with E-state index in [1.54, 1.807) is 7.11 Å². The first-order chi connectivity index (χ1) is 10.3. The molecule has 1 atom stereocenters. The van der Waals surface area contributed by atoms with Gasteiger partial charge in [0, 0.05) is 24.2 Å². The second kappa shape index (κ2) is 6.31. The molecule has 0 amide bonds. The van der Waals surface area contributed by atoms with E-state index in [0.717, 1.165) is 31.1 Å². The van der Waals surface area contributed by atoms with Crippen LogP contribution < -0.4 is 15.4 Å². The molecule has 1 aromatic carbocycles. The van der Waals surface area contributed by atoms with Crippen molar-refractivity contribution < 1.29 is 4.74 Å². The minimum atomic E-state index is 0.518. The Morgan fingerprint density at radius 1 is 1.33 bits per heavy atom. The molecule has 0 radical (unpaired) electrons. The highest BCUT2D eigenvalue weighted by molar-refractivity contribution is 5.93. The Kier molecular flexibility index (Phi) is 4.25. The highest BCUT2D eigenvalue weighted by Gasteiger charge is 2.24. The van der Waals surface area contributed by atoms with Crippen LogP contribution in [0.25, 0.3) is 10.8 Å². The fourth-order valence-electron chi connectivity index (χ4n) is 3.27. The first kappa shape index (κ1) is 14.1. The molecule has 4 heteroatoms. The number of nitrogens with two attached hydrogens (primary N) is 1. The molecule has 4 nitrogen and oxygen atoms in total. The van der Waals surface area contributed by atoms with Gasteiger partial charge < -0.3 is 15.4 Å². The van der Waals surface area contributed by atoms with E-state index in [9.17, 15) is 0 Å². The molecule has 1 fully saturated rings. The van der Waals surface area contributed by atoms with Gasteiger partial charge in [0.25, 0.3) is 0 Å². The molecule has 0 spiro atoms. The average Bonchev–Trinajstić information content (AvgIpc) is 2.54. The molecule has 2 aromatic rings. The van der Waals surface area contributed by atoms with Gasteiger partial charge in [0.1, 0.15) is 11.6 Å². The summed E-state index contributed by atoms with van der Waals surface area (Å²) >= 11 is 0. The highest BCUT2D eigenvalue weighted by Crippen LogP contribution is 2.32. The molecule has 0 aliphatic carbocycles. The van der Waals surface area contributed by atoms with Gasteiger partial charge in [-0.15, -0.1) is 0 Å². The Balaban J connectivity index is 2.02. The third-order valence-corrected chi connectivity index (χ3v) is 4.35. The number of aromatic nitrogens is 1. The van der Waals surface area contributed by atoms with Crippen molar-refractivity contribution in [2.45, 2.75) is 31.7 Å². The Morgan fingerprint density at radius 2 is 2.24 bits per heavy atom. The maximum atomic E-state index is 5.79. The minimum absolute atomic E-state index is 0.518. The predicted octanol–water partition coefficient (Wildman–Crippen LogP) is 2.95. The smallest absolute Gasteiger partial charge is 0.136 e. The van der Waals surface area contributed by atoms with Crippen molar-refractivity contribution in [3.8, 4) is 5.75 Å². The van der Waals surface area contributed by atoms with E-state index in [2.05, 4.69) is 22.0 Å². The van der Waals surface area contributed by atoms with Crippen LogP contribution in [-0.4, -0.2) is 31.2 Å². The summed E-state index contributed by atoms with van der Waals surface area (Å²) in [6.07, 6.45) is 6.67. The summed E-state index contributed by atoms with van der Waals surface area (Å²) in [6.45, 7) is 1.81. The first-order valence-corrected chi connectivity index (χ1v) is 7.73. The van der Waals surface area contributed by atoms with Crippen LogP contribution in [0.5, 0.6) is 5.75 Å². The van der Waals surface area contributed by atoms with Crippen LogP contribution in [0.2, 0.25) is 0 Å². The van der Waals surface area contributed by atoms with E-state index in [1.807, 2.05) is 18.3 Å². The van der Waals surface area contributed by atoms with Crippen LogP contribution in [0.3, 0.4) is 0 Å². The fraction of sp³-hybridized carbons (Fsp3) is 0.471. The number of pyridine rings is 1. The molecule has 2 heterocycles. The van der Waals surface area contributed by atoms with Crippen molar-refractivity contribution in [2.24, 2.45) is 5.73 Å². The number of rotatable bonds is 4. The van der Waals surface area contributed by atoms with Crippen molar-refractivity contribution in [1.82, 2.24) is 4.98 Å². The number of hydrogen-bond acceptors (Lipinski definition) is 4.